The number of benzene rings is 1. The molecule has 1 saturated heterocycles. The van der Waals surface area contributed by atoms with Crippen molar-refractivity contribution in [2.75, 3.05) is 20.2 Å². The molecule has 2 aliphatic carbocycles. The number of carboxylic acids is 2. The Bertz CT molecular complexity index is 1450. The van der Waals surface area contributed by atoms with Gasteiger partial charge in [0.25, 0.3) is 0 Å². The van der Waals surface area contributed by atoms with Crippen molar-refractivity contribution in [2.45, 2.75) is 68.9 Å². The average Bonchev–Trinajstić information content (AvgIpc) is 3.62. The molecule has 15 heteroatoms. The lowest BCUT2D eigenvalue weighted by atomic mass is 9.53. The molecule has 0 radical (unpaired) electrons. The first-order valence-electron chi connectivity index (χ1n) is 14.4. The summed E-state index contributed by atoms with van der Waals surface area (Å²) in [5, 5.41) is 24.3. The maximum Gasteiger partial charge on any atom is 0.322 e. The number of nitrogens with zero attached hydrogens (tertiary/aromatic N) is 2. The summed E-state index contributed by atoms with van der Waals surface area (Å²) in [6.07, 6.45) is 8.64. The van der Waals surface area contributed by atoms with Crippen molar-refractivity contribution < 1.29 is 48.7 Å². The highest BCUT2D eigenvalue weighted by Crippen LogP contribution is 2.62. The Kier molecular flexibility index (Phi) is 10.3. The molecule has 2 aliphatic heterocycles. The second-order valence-electron chi connectivity index (χ2n) is 11.4. The summed E-state index contributed by atoms with van der Waals surface area (Å²) in [5.41, 5.74) is 12.9. The molecular weight excluding hydrogens is 590 g/mol. The van der Waals surface area contributed by atoms with Crippen molar-refractivity contribution in [1.82, 2.24) is 14.9 Å². The van der Waals surface area contributed by atoms with Crippen LogP contribution in [0.1, 0.15) is 37.1 Å². The molecule has 244 valence electrons. The van der Waals surface area contributed by atoms with E-state index in [2.05, 4.69) is 34.1 Å². The molecule has 0 saturated carbocycles. The van der Waals surface area contributed by atoms with Gasteiger partial charge in [-0.25, -0.2) is 4.98 Å². The number of nitrogens with one attached hydrogen (secondary N) is 1. The van der Waals surface area contributed by atoms with E-state index in [9.17, 15) is 19.2 Å². The van der Waals surface area contributed by atoms with E-state index in [-0.39, 0.29) is 35.8 Å². The lowest BCUT2D eigenvalue weighted by Crippen LogP contribution is -2.65. The number of esters is 2. The second-order valence-corrected chi connectivity index (χ2v) is 11.4. The van der Waals surface area contributed by atoms with Gasteiger partial charge in [-0.15, -0.1) is 0 Å². The molecule has 7 atom stereocenters. The summed E-state index contributed by atoms with van der Waals surface area (Å²) in [5.74, 6) is -1.47. The number of aliphatic hydroxyl groups is 1. The standard InChI is InChI=1S/C21H23NO5.C6H9N3O2.C3H7NO3/c1-11(23)25-16-6-4-13-10-15-14-5-7-17(26-12(2)24)20-21(14,8-9-22(15)3)18(13)19(16)27-20;7-5(6(10)11)1-4-2-8-3-9-4;4-2(1-5)3(6)7/h4-7,14-15,17,20H,8-10H2,1-3H3;2-3,5H,1,7H2,(H,8,9)(H,10,11);2,5H,1,4H2,(H,6,7)/t14-,15+,17-,20-,21-;5-;/m00./s1. The quantitative estimate of drug-likeness (QED) is 0.131. The fourth-order valence-electron chi connectivity index (χ4n) is 6.54. The van der Waals surface area contributed by atoms with Gasteiger partial charge in [0.05, 0.1) is 12.9 Å². The van der Waals surface area contributed by atoms with Crippen LogP contribution in [-0.4, -0.2) is 105 Å². The molecule has 15 nitrogen and oxygen atoms in total. The van der Waals surface area contributed by atoms with Crippen LogP contribution in [0.25, 0.3) is 0 Å². The van der Waals surface area contributed by atoms with Crippen LogP contribution in [0.5, 0.6) is 11.5 Å². The second kappa shape index (κ2) is 13.8. The Morgan fingerprint density at radius 2 is 1.84 bits per heavy atom. The topological polar surface area (TPSA) is 241 Å². The number of carboxylic acid groups (broad SMARTS) is 2. The minimum atomic E-state index is -1.18. The molecule has 2 bridgehead atoms. The number of nitrogens with two attached hydrogens (primary N) is 2. The Labute approximate surface area is 259 Å². The number of hydrogen-bond donors (Lipinski definition) is 6. The van der Waals surface area contributed by atoms with Gasteiger partial charge in [-0.3, -0.25) is 19.2 Å². The van der Waals surface area contributed by atoms with Crippen LogP contribution in [0.15, 0.2) is 36.8 Å². The van der Waals surface area contributed by atoms with E-state index in [4.69, 9.17) is 41.0 Å². The first-order valence-corrected chi connectivity index (χ1v) is 14.4. The number of ether oxygens (including phenoxy) is 3. The van der Waals surface area contributed by atoms with E-state index in [0.717, 1.165) is 30.6 Å². The number of H-pyrrole nitrogens is 1. The molecule has 45 heavy (non-hydrogen) atoms. The Balaban J connectivity index is 0.000000212. The normalized spacial score (nSPS) is 26.4. The monoisotopic (exact) mass is 629 g/mol. The van der Waals surface area contributed by atoms with E-state index in [0.29, 0.717) is 17.5 Å². The van der Waals surface area contributed by atoms with E-state index in [1.165, 1.54) is 25.7 Å². The van der Waals surface area contributed by atoms with Crippen molar-refractivity contribution in [2.24, 2.45) is 17.4 Å². The lowest BCUT2D eigenvalue weighted by molar-refractivity contribution is -0.152. The number of carbonyl (C=O) groups excluding carboxylic acids is 2. The molecule has 6 rings (SSSR count). The zero-order valence-corrected chi connectivity index (χ0v) is 25.2. The van der Waals surface area contributed by atoms with Gasteiger partial charge in [0.15, 0.2) is 17.6 Å². The SMILES string of the molecule is CC(=O)Oc1ccc2c3c1O[C@H]1[C@@H](OC(C)=O)C=C[C@H]4[C@@H](C2)N(C)CC[C@@]341.NC(CO)C(=O)O.N[C@@H](Cc1cnc[nH]1)C(=O)O. The maximum absolute atomic E-state index is 11.7. The number of aliphatic hydroxyl groups excluding tert-OH is 1. The summed E-state index contributed by atoms with van der Waals surface area (Å²) in [6, 6.07) is 2.30. The predicted octanol–water partition coefficient (Wildman–Crippen LogP) is -0.257. The van der Waals surface area contributed by atoms with Gasteiger partial charge in [-0.2, -0.15) is 0 Å². The number of likely N-dealkylation sites (tertiary alicyclic amines) is 1. The van der Waals surface area contributed by atoms with Gasteiger partial charge in [-0.05, 0) is 44.1 Å². The van der Waals surface area contributed by atoms with Crippen LogP contribution < -0.4 is 20.9 Å². The summed E-state index contributed by atoms with van der Waals surface area (Å²) in [7, 11) is 2.17. The Morgan fingerprint density at radius 3 is 2.40 bits per heavy atom. The first kappa shape index (κ1) is 33.6. The highest BCUT2D eigenvalue weighted by Gasteiger charge is 2.65. The van der Waals surface area contributed by atoms with E-state index in [1.807, 2.05) is 12.1 Å². The summed E-state index contributed by atoms with van der Waals surface area (Å²) in [4.78, 5) is 52.1. The largest absolute Gasteiger partial charge is 0.481 e. The van der Waals surface area contributed by atoms with Crippen LogP contribution >= 0.6 is 0 Å². The van der Waals surface area contributed by atoms with Crippen molar-refractivity contribution >= 4 is 23.9 Å². The van der Waals surface area contributed by atoms with Crippen LogP contribution in [0.3, 0.4) is 0 Å². The molecule has 1 fully saturated rings. The van der Waals surface area contributed by atoms with Gasteiger partial charge in [0.1, 0.15) is 18.2 Å². The molecule has 1 spiro atoms. The number of carbonyl (C=O) groups is 4. The predicted molar refractivity (Wildman–Crippen MR) is 157 cm³/mol. The van der Waals surface area contributed by atoms with Crippen LogP contribution in [-0.2, 0) is 42.2 Å². The summed E-state index contributed by atoms with van der Waals surface area (Å²) >= 11 is 0. The van der Waals surface area contributed by atoms with E-state index < -0.39 is 36.7 Å². The zero-order chi connectivity index (χ0) is 33.1. The van der Waals surface area contributed by atoms with Gasteiger partial charge >= 0.3 is 23.9 Å². The highest BCUT2D eigenvalue weighted by atomic mass is 16.6. The summed E-state index contributed by atoms with van der Waals surface area (Å²) in [6.45, 7) is 3.27. The number of imidazole rings is 1. The number of aromatic nitrogens is 2. The van der Waals surface area contributed by atoms with Crippen molar-refractivity contribution in [3.05, 3.63) is 53.6 Å². The Hall–Kier alpha value is -4.31. The number of hydrogen-bond acceptors (Lipinski definition) is 12. The fourth-order valence-corrected chi connectivity index (χ4v) is 6.54. The van der Waals surface area contributed by atoms with E-state index >= 15 is 0 Å². The minimum Gasteiger partial charge on any atom is -0.481 e. The van der Waals surface area contributed by atoms with Gasteiger partial charge in [-0.1, -0.05) is 12.1 Å². The number of aliphatic carboxylic acids is 2. The molecule has 4 aliphatic rings. The van der Waals surface area contributed by atoms with Gasteiger partial charge in [0, 0.05) is 55.1 Å². The first-order chi connectivity index (χ1) is 21.3. The maximum atomic E-state index is 11.7. The number of aromatic amines is 1. The molecule has 2 aromatic rings. The third kappa shape index (κ3) is 6.86. The van der Waals surface area contributed by atoms with Gasteiger partial charge < -0.3 is 50.9 Å². The Morgan fingerprint density at radius 1 is 1.13 bits per heavy atom. The van der Waals surface area contributed by atoms with Crippen LogP contribution in [0.4, 0.5) is 0 Å². The fraction of sp³-hybridized carbons (Fsp3) is 0.500. The van der Waals surface area contributed by atoms with Crippen molar-refractivity contribution in [3.8, 4) is 11.5 Å². The smallest absolute Gasteiger partial charge is 0.322 e. The molecule has 0 amide bonds. The molecule has 1 aromatic carbocycles. The number of piperidine rings is 1. The molecule has 8 N–H and O–H groups in total. The highest BCUT2D eigenvalue weighted by molar-refractivity contribution is 5.74. The molecule has 3 heterocycles. The van der Waals surface area contributed by atoms with Gasteiger partial charge in [0.2, 0.25) is 0 Å². The van der Waals surface area contributed by atoms with Crippen LogP contribution in [0, 0.1) is 5.92 Å². The zero-order valence-electron chi connectivity index (χ0n) is 25.2. The molecular formula is C30H39N5O10. The van der Waals surface area contributed by atoms with Crippen molar-refractivity contribution in [1.29, 1.82) is 0 Å². The third-order valence-corrected chi connectivity index (χ3v) is 8.50. The third-order valence-electron chi connectivity index (χ3n) is 8.50. The lowest BCUT2D eigenvalue weighted by Gasteiger charge is -2.56. The minimum absolute atomic E-state index is 0.245. The van der Waals surface area contributed by atoms with E-state index in [1.54, 1.807) is 6.20 Å². The van der Waals surface area contributed by atoms with Crippen molar-refractivity contribution in [3.63, 3.8) is 0 Å². The summed E-state index contributed by atoms with van der Waals surface area (Å²) < 4.78 is 17.5. The number of likely N-dealkylation sites (N-methyl/N-ethyl adjacent to an activating group) is 1. The molecule has 1 aromatic heterocycles. The molecule has 1 unspecified atom stereocenters. The average molecular weight is 630 g/mol. The number of rotatable bonds is 7. The van der Waals surface area contributed by atoms with Crippen LogP contribution in [0.2, 0.25) is 0 Å².